The van der Waals surface area contributed by atoms with Gasteiger partial charge in [0.15, 0.2) is 0 Å². The van der Waals surface area contributed by atoms with Crippen LogP contribution in [0.5, 0.6) is 0 Å². The number of carbonyl (C=O) groups excluding carboxylic acids is 1. The Balaban J connectivity index is 1.64. The fourth-order valence-electron chi connectivity index (χ4n) is 3.31. The fraction of sp³-hybridized carbons (Fsp3) is 0.125. The number of fused-ring (bicyclic) bond motifs is 1. The molecule has 0 radical (unpaired) electrons. The zero-order chi connectivity index (χ0) is 21.1. The number of nitrogens with zero attached hydrogens (tertiary/aromatic N) is 2. The Morgan fingerprint density at radius 2 is 1.73 bits per heavy atom. The molecule has 4 rings (SSSR count). The zero-order valence-corrected chi connectivity index (χ0v) is 18.0. The summed E-state index contributed by atoms with van der Waals surface area (Å²) >= 11 is 3.39. The maximum atomic E-state index is 12.9. The van der Waals surface area contributed by atoms with Gasteiger partial charge in [0.05, 0.1) is 17.6 Å². The maximum Gasteiger partial charge on any atom is 0.274 e. The van der Waals surface area contributed by atoms with Crippen LogP contribution < -0.4 is 10.9 Å². The highest BCUT2D eigenvalue weighted by molar-refractivity contribution is 9.10. The molecular formula is C24H20BrN3O2. The molecule has 30 heavy (non-hydrogen) atoms. The van der Waals surface area contributed by atoms with E-state index in [1.807, 2.05) is 73.7 Å². The van der Waals surface area contributed by atoms with Crippen molar-refractivity contribution in [2.75, 3.05) is 5.32 Å². The molecule has 0 aliphatic heterocycles. The van der Waals surface area contributed by atoms with E-state index in [1.54, 1.807) is 6.07 Å². The smallest absolute Gasteiger partial charge is 0.274 e. The Kier molecular flexibility index (Phi) is 5.77. The Bertz CT molecular complexity index is 1280. The first-order valence-electron chi connectivity index (χ1n) is 9.63. The number of carbonyl (C=O) groups is 1. The molecule has 0 atom stereocenters. The second kappa shape index (κ2) is 8.63. The first kappa shape index (κ1) is 20.0. The van der Waals surface area contributed by atoms with Crippen LogP contribution in [-0.4, -0.2) is 15.7 Å². The van der Waals surface area contributed by atoms with E-state index in [0.717, 1.165) is 26.7 Å². The summed E-state index contributed by atoms with van der Waals surface area (Å²) in [6.07, 6.45) is 0.144. The van der Waals surface area contributed by atoms with Crippen LogP contribution in [0.4, 0.5) is 5.69 Å². The summed E-state index contributed by atoms with van der Waals surface area (Å²) in [4.78, 5) is 25.3. The average Bonchev–Trinajstić information content (AvgIpc) is 2.74. The van der Waals surface area contributed by atoms with Crippen molar-refractivity contribution in [2.45, 2.75) is 19.9 Å². The molecule has 0 aliphatic carbocycles. The van der Waals surface area contributed by atoms with Gasteiger partial charge in [0.2, 0.25) is 5.91 Å². The molecule has 0 bridgehead atoms. The molecular weight excluding hydrogens is 442 g/mol. The highest BCUT2D eigenvalue weighted by Gasteiger charge is 2.13. The lowest BCUT2D eigenvalue weighted by atomic mass is 10.0. The van der Waals surface area contributed by atoms with E-state index in [0.29, 0.717) is 11.1 Å². The average molecular weight is 462 g/mol. The van der Waals surface area contributed by atoms with Crippen molar-refractivity contribution in [3.05, 3.63) is 93.2 Å². The van der Waals surface area contributed by atoms with Gasteiger partial charge in [0.25, 0.3) is 5.56 Å². The van der Waals surface area contributed by atoms with E-state index < -0.39 is 0 Å². The number of amides is 1. The van der Waals surface area contributed by atoms with E-state index in [4.69, 9.17) is 0 Å². The third-order valence-corrected chi connectivity index (χ3v) is 5.35. The summed E-state index contributed by atoms with van der Waals surface area (Å²) in [7, 11) is 0. The third-order valence-electron chi connectivity index (χ3n) is 4.85. The van der Waals surface area contributed by atoms with Gasteiger partial charge in [0.1, 0.15) is 0 Å². The van der Waals surface area contributed by atoms with Gasteiger partial charge < -0.3 is 5.32 Å². The van der Waals surface area contributed by atoms with Crippen molar-refractivity contribution in [3.8, 4) is 11.3 Å². The standard InChI is InChI=1S/C24H20BrN3O2/c1-16-9-11-17(12-10-16)23-20-7-2-3-8-21(20)24(30)28(27-23)14-13-22(29)26-19-6-4-5-18(25)15-19/h2-12,15H,13-14H2,1H3,(H,26,29). The highest BCUT2D eigenvalue weighted by atomic mass is 79.9. The van der Waals surface area contributed by atoms with Crippen molar-refractivity contribution in [2.24, 2.45) is 0 Å². The highest BCUT2D eigenvalue weighted by Crippen LogP contribution is 2.25. The van der Waals surface area contributed by atoms with Crippen molar-refractivity contribution in [1.29, 1.82) is 0 Å². The molecule has 0 fully saturated rings. The van der Waals surface area contributed by atoms with Crippen LogP contribution in [-0.2, 0) is 11.3 Å². The second-order valence-corrected chi connectivity index (χ2v) is 8.01. The van der Waals surface area contributed by atoms with Crippen LogP contribution >= 0.6 is 15.9 Å². The van der Waals surface area contributed by atoms with Crippen molar-refractivity contribution in [1.82, 2.24) is 9.78 Å². The largest absolute Gasteiger partial charge is 0.326 e. The quantitative estimate of drug-likeness (QED) is 0.446. The van der Waals surface area contributed by atoms with Gasteiger partial charge >= 0.3 is 0 Å². The Hall–Kier alpha value is -3.25. The Morgan fingerprint density at radius 1 is 1.00 bits per heavy atom. The van der Waals surface area contributed by atoms with Gasteiger partial charge in [-0.1, -0.05) is 70.0 Å². The maximum absolute atomic E-state index is 12.9. The lowest BCUT2D eigenvalue weighted by molar-refractivity contribution is -0.116. The molecule has 6 heteroatoms. The molecule has 0 unspecified atom stereocenters. The van der Waals surface area contributed by atoms with Gasteiger partial charge in [-0.3, -0.25) is 9.59 Å². The molecule has 1 amide bonds. The van der Waals surface area contributed by atoms with Crippen LogP contribution in [0.3, 0.4) is 0 Å². The van der Waals surface area contributed by atoms with Crippen LogP contribution in [0.15, 0.2) is 82.1 Å². The number of halogens is 1. The predicted octanol–water partition coefficient (Wildman–Crippen LogP) is 5.16. The minimum Gasteiger partial charge on any atom is -0.326 e. The molecule has 0 saturated heterocycles. The number of hydrogen-bond donors (Lipinski definition) is 1. The molecule has 0 spiro atoms. The SMILES string of the molecule is Cc1ccc(-c2nn(CCC(=O)Nc3cccc(Br)c3)c(=O)c3ccccc23)cc1. The lowest BCUT2D eigenvalue weighted by Crippen LogP contribution is -2.26. The van der Waals surface area contributed by atoms with Crippen LogP contribution in [0.2, 0.25) is 0 Å². The molecule has 4 aromatic rings. The number of rotatable bonds is 5. The third kappa shape index (κ3) is 4.33. The predicted molar refractivity (Wildman–Crippen MR) is 124 cm³/mol. The van der Waals surface area contributed by atoms with Gasteiger partial charge in [-0.15, -0.1) is 0 Å². The molecule has 150 valence electrons. The molecule has 1 aromatic heterocycles. The summed E-state index contributed by atoms with van der Waals surface area (Å²) in [5, 5.41) is 8.86. The van der Waals surface area contributed by atoms with Crippen LogP contribution in [0.25, 0.3) is 22.0 Å². The first-order chi connectivity index (χ1) is 14.5. The Morgan fingerprint density at radius 3 is 2.47 bits per heavy atom. The van der Waals surface area contributed by atoms with E-state index in [-0.39, 0.29) is 24.4 Å². The van der Waals surface area contributed by atoms with Crippen LogP contribution in [0.1, 0.15) is 12.0 Å². The van der Waals surface area contributed by atoms with Crippen LogP contribution in [0, 0.1) is 6.92 Å². The first-order valence-corrected chi connectivity index (χ1v) is 10.4. The fourth-order valence-corrected chi connectivity index (χ4v) is 3.71. The van der Waals surface area contributed by atoms with E-state index in [1.165, 1.54) is 4.68 Å². The number of benzene rings is 3. The summed E-state index contributed by atoms with van der Waals surface area (Å²) in [5.41, 5.74) is 3.33. The molecule has 0 saturated carbocycles. The minimum absolute atomic E-state index is 0.144. The van der Waals surface area contributed by atoms with E-state index in [2.05, 4.69) is 26.3 Å². The number of aromatic nitrogens is 2. The van der Waals surface area contributed by atoms with Crippen molar-refractivity contribution in [3.63, 3.8) is 0 Å². The molecule has 5 nitrogen and oxygen atoms in total. The lowest BCUT2D eigenvalue weighted by Gasteiger charge is -2.12. The van der Waals surface area contributed by atoms with E-state index >= 15 is 0 Å². The summed E-state index contributed by atoms with van der Waals surface area (Å²) in [5.74, 6) is -0.174. The monoisotopic (exact) mass is 461 g/mol. The normalized spacial score (nSPS) is 10.9. The summed E-state index contributed by atoms with van der Waals surface area (Å²) in [6, 6.07) is 22.9. The van der Waals surface area contributed by atoms with E-state index in [9.17, 15) is 9.59 Å². The summed E-state index contributed by atoms with van der Waals surface area (Å²) < 4.78 is 2.27. The van der Waals surface area contributed by atoms with Gasteiger partial charge in [-0.05, 0) is 31.2 Å². The minimum atomic E-state index is -0.197. The molecule has 1 heterocycles. The van der Waals surface area contributed by atoms with Crippen molar-refractivity contribution < 1.29 is 4.79 Å². The molecule has 1 N–H and O–H groups in total. The second-order valence-electron chi connectivity index (χ2n) is 7.10. The number of hydrogen-bond acceptors (Lipinski definition) is 3. The zero-order valence-electron chi connectivity index (χ0n) is 16.4. The topological polar surface area (TPSA) is 64.0 Å². The Labute approximate surface area is 182 Å². The van der Waals surface area contributed by atoms with Crippen molar-refractivity contribution >= 4 is 38.3 Å². The number of aryl methyl sites for hydroxylation is 2. The summed E-state index contributed by atoms with van der Waals surface area (Å²) in [6.45, 7) is 2.22. The molecule has 0 aliphatic rings. The number of anilines is 1. The number of nitrogens with one attached hydrogen (secondary N) is 1. The van der Waals surface area contributed by atoms with Gasteiger partial charge in [0, 0.05) is 27.5 Å². The van der Waals surface area contributed by atoms with Gasteiger partial charge in [-0.25, -0.2) is 4.68 Å². The van der Waals surface area contributed by atoms with Gasteiger partial charge in [-0.2, -0.15) is 5.10 Å². The molecule has 3 aromatic carbocycles.